The van der Waals surface area contributed by atoms with Crippen molar-refractivity contribution in [1.29, 1.82) is 0 Å². The first-order chi connectivity index (χ1) is 6.25. The normalized spacial score (nSPS) is 22.3. The standard InChI is InChI=1S/C9H14N4/c1-7-4-11-9(12-5-7)13-3-2-8(10)6-13/h4-5,8H,2-3,6,10H2,1H3. The van der Waals surface area contributed by atoms with Crippen LogP contribution in [-0.4, -0.2) is 29.1 Å². The van der Waals surface area contributed by atoms with Crippen molar-refractivity contribution < 1.29 is 0 Å². The number of aryl methyl sites for hydroxylation is 1. The summed E-state index contributed by atoms with van der Waals surface area (Å²) in [5.74, 6) is 0.804. The van der Waals surface area contributed by atoms with Gasteiger partial charge in [0.15, 0.2) is 0 Å². The van der Waals surface area contributed by atoms with Gasteiger partial charge < -0.3 is 10.6 Å². The molecule has 1 aromatic rings. The van der Waals surface area contributed by atoms with Crippen LogP contribution in [0.3, 0.4) is 0 Å². The van der Waals surface area contributed by atoms with Crippen molar-refractivity contribution in [1.82, 2.24) is 9.97 Å². The molecule has 4 heteroatoms. The van der Waals surface area contributed by atoms with E-state index in [4.69, 9.17) is 5.73 Å². The minimum Gasteiger partial charge on any atom is -0.339 e. The van der Waals surface area contributed by atoms with Crippen LogP contribution in [0, 0.1) is 6.92 Å². The maximum atomic E-state index is 5.80. The predicted molar refractivity (Wildman–Crippen MR) is 51.6 cm³/mol. The Hall–Kier alpha value is -1.16. The SMILES string of the molecule is Cc1cnc(N2CCC(N)C2)nc1. The Morgan fingerprint density at radius 2 is 2.15 bits per heavy atom. The molecule has 70 valence electrons. The summed E-state index contributed by atoms with van der Waals surface area (Å²) in [7, 11) is 0. The van der Waals surface area contributed by atoms with E-state index in [-0.39, 0.29) is 6.04 Å². The monoisotopic (exact) mass is 178 g/mol. The number of aromatic nitrogens is 2. The molecule has 0 bridgehead atoms. The molecule has 0 aromatic carbocycles. The fourth-order valence-corrected chi connectivity index (χ4v) is 1.52. The van der Waals surface area contributed by atoms with E-state index >= 15 is 0 Å². The van der Waals surface area contributed by atoms with Gasteiger partial charge in [0.1, 0.15) is 0 Å². The smallest absolute Gasteiger partial charge is 0.225 e. The fourth-order valence-electron chi connectivity index (χ4n) is 1.52. The zero-order valence-electron chi connectivity index (χ0n) is 7.77. The van der Waals surface area contributed by atoms with E-state index in [0.29, 0.717) is 0 Å². The molecular weight excluding hydrogens is 164 g/mol. The van der Waals surface area contributed by atoms with Crippen LogP contribution in [0.2, 0.25) is 0 Å². The molecule has 1 atom stereocenters. The first-order valence-corrected chi connectivity index (χ1v) is 4.55. The number of rotatable bonds is 1. The second-order valence-corrected chi connectivity index (χ2v) is 3.56. The highest BCUT2D eigenvalue weighted by Crippen LogP contribution is 2.13. The molecule has 0 radical (unpaired) electrons. The number of hydrogen-bond acceptors (Lipinski definition) is 4. The molecule has 1 aliphatic heterocycles. The van der Waals surface area contributed by atoms with Gasteiger partial charge in [-0.3, -0.25) is 0 Å². The maximum absolute atomic E-state index is 5.80. The Kier molecular flexibility index (Phi) is 2.14. The van der Waals surface area contributed by atoms with Gasteiger partial charge >= 0.3 is 0 Å². The number of nitrogens with two attached hydrogens (primary N) is 1. The molecule has 1 aromatic heterocycles. The number of anilines is 1. The van der Waals surface area contributed by atoms with E-state index < -0.39 is 0 Å². The molecule has 0 saturated carbocycles. The molecular formula is C9H14N4. The molecule has 2 N–H and O–H groups in total. The van der Waals surface area contributed by atoms with Crippen LogP contribution in [0.5, 0.6) is 0 Å². The summed E-state index contributed by atoms with van der Waals surface area (Å²) in [5.41, 5.74) is 6.89. The molecule has 1 fully saturated rings. The lowest BCUT2D eigenvalue weighted by molar-refractivity contribution is 0.750. The van der Waals surface area contributed by atoms with Crippen molar-refractivity contribution in [3.63, 3.8) is 0 Å². The van der Waals surface area contributed by atoms with Gasteiger partial charge in [0.25, 0.3) is 0 Å². The Bertz CT molecular complexity index is 282. The summed E-state index contributed by atoms with van der Waals surface area (Å²) < 4.78 is 0. The quantitative estimate of drug-likeness (QED) is 0.673. The highest BCUT2D eigenvalue weighted by atomic mass is 15.3. The fraction of sp³-hybridized carbons (Fsp3) is 0.556. The van der Waals surface area contributed by atoms with E-state index in [2.05, 4.69) is 14.9 Å². The third-order valence-corrected chi connectivity index (χ3v) is 2.27. The van der Waals surface area contributed by atoms with E-state index in [1.165, 1.54) is 0 Å². The molecule has 1 saturated heterocycles. The van der Waals surface area contributed by atoms with Crippen LogP contribution in [0.4, 0.5) is 5.95 Å². The van der Waals surface area contributed by atoms with E-state index in [1.54, 1.807) is 0 Å². The maximum Gasteiger partial charge on any atom is 0.225 e. The lowest BCUT2D eigenvalue weighted by Crippen LogP contribution is -2.27. The van der Waals surface area contributed by atoms with Gasteiger partial charge in [-0.05, 0) is 18.9 Å². The average molecular weight is 178 g/mol. The van der Waals surface area contributed by atoms with Gasteiger partial charge in [-0.2, -0.15) is 0 Å². The van der Waals surface area contributed by atoms with E-state index in [9.17, 15) is 0 Å². The van der Waals surface area contributed by atoms with Crippen LogP contribution in [-0.2, 0) is 0 Å². The zero-order chi connectivity index (χ0) is 9.26. The first kappa shape index (κ1) is 8.44. The Labute approximate surface area is 77.8 Å². The second-order valence-electron chi connectivity index (χ2n) is 3.56. The van der Waals surface area contributed by atoms with Crippen molar-refractivity contribution in [2.45, 2.75) is 19.4 Å². The molecule has 4 nitrogen and oxygen atoms in total. The highest BCUT2D eigenvalue weighted by molar-refractivity contribution is 5.31. The third-order valence-electron chi connectivity index (χ3n) is 2.27. The number of nitrogens with zero attached hydrogens (tertiary/aromatic N) is 3. The largest absolute Gasteiger partial charge is 0.339 e. The van der Waals surface area contributed by atoms with Gasteiger partial charge in [-0.25, -0.2) is 9.97 Å². The van der Waals surface area contributed by atoms with Gasteiger partial charge in [0.05, 0.1) is 0 Å². The Balaban J connectivity index is 2.13. The molecule has 13 heavy (non-hydrogen) atoms. The van der Waals surface area contributed by atoms with Crippen LogP contribution < -0.4 is 10.6 Å². The van der Waals surface area contributed by atoms with E-state index in [1.807, 2.05) is 19.3 Å². The second kappa shape index (κ2) is 3.30. The molecule has 0 spiro atoms. The molecule has 0 amide bonds. The average Bonchev–Trinajstić information content (AvgIpc) is 2.53. The van der Waals surface area contributed by atoms with Crippen LogP contribution in [0.25, 0.3) is 0 Å². The van der Waals surface area contributed by atoms with Gasteiger partial charge in [0, 0.05) is 31.5 Å². The van der Waals surface area contributed by atoms with Crippen molar-refractivity contribution >= 4 is 5.95 Å². The minimum atomic E-state index is 0.282. The first-order valence-electron chi connectivity index (χ1n) is 4.55. The molecule has 0 aliphatic carbocycles. The van der Waals surface area contributed by atoms with E-state index in [0.717, 1.165) is 31.0 Å². The summed E-state index contributed by atoms with van der Waals surface area (Å²) >= 11 is 0. The number of hydrogen-bond donors (Lipinski definition) is 1. The van der Waals surface area contributed by atoms with Gasteiger partial charge in [-0.15, -0.1) is 0 Å². The molecule has 1 unspecified atom stereocenters. The molecule has 2 rings (SSSR count). The minimum absolute atomic E-state index is 0.282. The summed E-state index contributed by atoms with van der Waals surface area (Å²) in [6.07, 6.45) is 4.72. The lowest BCUT2D eigenvalue weighted by atomic mass is 10.3. The molecule has 1 aliphatic rings. The van der Waals surface area contributed by atoms with Crippen LogP contribution >= 0.6 is 0 Å². The van der Waals surface area contributed by atoms with Crippen LogP contribution in [0.15, 0.2) is 12.4 Å². The van der Waals surface area contributed by atoms with Crippen molar-refractivity contribution in [2.24, 2.45) is 5.73 Å². The summed E-state index contributed by atoms with van der Waals surface area (Å²) in [6.45, 7) is 3.84. The van der Waals surface area contributed by atoms with Crippen molar-refractivity contribution in [2.75, 3.05) is 18.0 Å². The predicted octanol–water partition coefficient (Wildman–Crippen LogP) is 0.322. The lowest BCUT2D eigenvalue weighted by Gasteiger charge is -2.14. The third kappa shape index (κ3) is 1.78. The highest BCUT2D eigenvalue weighted by Gasteiger charge is 2.20. The van der Waals surface area contributed by atoms with Crippen LogP contribution in [0.1, 0.15) is 12.0 Å². The zero-order valence-corrected chi connectivity index (χ0v) is 7.77. The summed E-state index contributed by atoms with van der Waals surface area (Å²) in [4.78, 5) is 10.6. The summed E-state index contributed by atoms with van der Waals surface area (Å²) in [5, 5.41) is 0. The Morgan fingerprint density at radius 3 is 2.69 bits per heavy atom. The molecule has 2 heterocycles. The topological polar surface area (TPSA) is 55.0 Å². The summed E-state index contributed by atoms with van der Waals surface area (Å²) in [6, 6.07) is 0.282. The van der Waals surface area contributed by atoms with Gasteiger partial charge in [0.2, 0.25) is 5.95 Å². The van der Waals surface area contributed by atoms with Crippen molar-refractivity contribution in [3.8, 4) is 0 Å². The Morgan fingerprint density at radius 1 is 1.46 bits per heavy atom. The van der Waals surface area contributed by atoms with Crippen molar-refractivity contribution in [3.05, 3.63) is 18.0 Å². The van der Waals surface area contributed by atoms with Gasteiger partial charge in [-0.1, -0.05) is 0 Å².